The van der Waals surface area contributed by atoms with Gasteiger partial charge in [0.05, 0.1) is 13.7 Å². The van der Waals surface area contributed by atoms with Crippen molar-refractivity contribution in [2.45, 2.75) is 19.9 Å². The maximum absolute atomic E-state index is 12.4. The average molecular weight is 327 g/mol. The number of ether oxygens (including phenoxy) is 2. The summed E-state index contributed by atoms with van der Waals surface area (Å²) in [6.07, 6.45) is 0. The third-order valence-corrected chi connectivity index (χ3v) is 3.59. The molecule has 1 N–H and O–H groups in total. The van der Waals surface area contributed by atoms with E-state index in [1.807, 2.05) is 19.1 Å². The normalized spacial score (nSPS) is 11.5. The molecule has 0 aromatic heterocycles. The third-order valence-electron chi connectivity index (χ3n) is 3.59. The first-order chi connectivity index (χ1) is 11.6. The molecule has 2 aromatic carbocycles. The Hall–Kier alpha value is -2.82. The lowest BCUT2D eigenvalue weighted by atomic mass is 10.0. The number of carbonyl (C=O) groups excluding carboxylic acids is 2. The minimum Gasteiger partial charge on any atom is -0.496 e. The van der Waals surface area contributed by atoms with Crippen LogP contribution in [0, 0.1) is 6.92 Å². The molecule has 0 fully saturated rings. The Kier molecular flexibility index (Phi) is 5.95. The van der Waals surface area contributed by atoms with Crippen LogP contribution in [0.2, 0.25) is 0 Å². The maximum Gasteiger partial charge on any atom is 0.333 e. The summed E-state index contributed by atoms with van der Waals surface area (Å²) in [5, 5.41) is 2.74. The number of amides is 1. The molecule has 5 heteroatoms. The summed E-state index contributed by atoms with van der Waals surface area (Å²) in [5.74, 6) is -0.107. The van der Waals surface area contributed by atoms with Gasteiger partial charge in [0.1, 0.15) is 5.75 Å². The van der Waals surface area contributed by atoms with Crippen LogP contribution in [-0.2, 0) is 9.53 Å². The van der Waals surface area contributed by atoms with Crippen LogP contribution in [0.15, 0.2) is 48.5 Å². The van der Waals surface area contributed by atoms with Gasteiger partial charge in [-0.3, -0.25) is 4.79 Å². The van der Waals surface area contributed by atoms with Gasteiger partial charge in [-0.25, -0.2) is 4.79 Å². The van der Waals surface area contributed by atoms with Gasteiger partial charge in [-0.1, -0.05) is 24.3 Å². The Labute approximate surface area is 141 Å². The molecule has 0 saturated carbocycles. The van der Waals surface area contributed by atoms with Gasteiger partial charge >= 0.3 is 5.97 Å². The first-order valence-electron chi connectivity index (χ1n) is 7.74. The van der Waals surface area contributed by atoms with Crippen molar-refractivity contribution in [1.29, 1.82) is 0 Å². The molecule has 24 heavy (non-hydrogen) atoms. The standard InChI is InChI=1S/C19H21NO4/c1-4-24-19(22)17(15-10-11-16(23-3)13(2)12-15)20-18(21)14-8-6-5-7-9-14/h5-12,17H,4H2,1-3H3,(H,20,21). The second kappa shape index (κ2) is 8.15. The van der Waals surface area contributed by atoms with E-state index in [1.165, 1.54) is 0 Å². The topological polar surface area (TPSA) is 64.6 Å². The SMILES string of the molecule is CCOC(=O)C(NC(=O)c1ccccc1)c1ccc(OC)c(C)c1. The molecule has 0 saturated heterocycles. The van der Waals surface area contributed by atoms with Crippen molar-refractivity contribution >= 4 is 11.9 Å². The van der Waals surface area contributed by atoms with E-state index in [1.54, 1.807) is 50.4 Å². The van der Waals surface area contributed by atoms with Crippen molar-refractivity contribution in [3.63, 3.8) is 0 Å². The van der Waals surface area contributed by atoms with Gasteiger partial charge in [0.25, 0.3) is 5.91 Å². The largest absolute Gasteiger partial charge is 0.496 e. The van der Waals surface area contributed by atoms with Crippen molar-refractivity contribution in [1.82, 2.24) is 5.32 Å². The quantitative estimate of drug-likeness (QED) is 0.828. The molecule has 0 bridgehead atoms. The van der Waals surface area contributed by atoms with Crippen LogP contribution < -0.4 is 10.1 Å². The highest BCUT2D eigenvalue weighted by Gasteiger charge is 2.25. The van der Waals surface area contributed by atoms with E-state index < -0.39 is 12.0 Å². The molecule has 126 valence electrons. The highest BCUT2D eigenvalue weighted by molar-refractivity contribution is 5.97. The van der Waals surface area contributed by atoms with Crippen LogP contribution in [0.4, 0.5) is 0 Å². The molecule has 2 aromatic rings. The van der Waals surface area contributed by atoms with Crippen molar-refractivity contribution in [2.24, 2.45) is 0 Å². The minimum atomic E-state index is -0.873. The average Bonchev–Trinajstić information content (AvgIpc) is 2.60. The zero-order chi connectivity index (χ0) is 17.5. The van der Waals surface area contributed by atoms with Crippen molar-refractivity contribution in [3.8, 4) is 5.75 Å². The molecule has 0 heterocycles. The van der Waals surface area contributed by atoms with Gasteiger partial charge in [0.2, 0.25) is 0 Å². The van der Waals surface area contributed by atoms with E-state index in [9.17, 15) is 9.59 Å². The summed E-state index contributed by atoms with van der Waals surface area (Å²) < 4.78 is 10.3. The zero-order valence-electron chi connectivity index (χ0n) is 14.0. The highest BCUT2D eigenvalue weighted by Crippen LogP contribution is 2.23. The molecule has 0 aliphatic carbocycles. The molecule has 0 aliphatic heterocycles. The van der Waals surface area contributed by atoms with E-state index in [4.69, 9.17) is 9.47 Å². The smallest absolute Gasteiger partial charge is 0.333 e. The van der Waals surface area contributed by atoms with Crippen LogP contribution in [0.25, 0.3) is 0 Å². The fraction of sp³-hybridized carbons (Fsp3) is 0.263. The molecule has 0 spiro atoms. The molecular formula is C19H21NO4. The number of carbonyl (C=O) groups is 2. The van der Waals surface area contributed by atoms with E-state index in [0.29, 0.717) is 11.1 Å². The van der Waals surface area contributed by atoms with Gasteiger partial charge in [0, 0.05) is 5.56 Å². The van der Waals surface area contributed by atoms with Crippen LogP contribution in [0.3, 0.4) is 0 Å². The molecular weight excluding hydrogens is 306 g/mol. The Bertz CT molecular complexity index is 713. The number of nitrogens with one attached hydrogen (secondary N) is 1. The zero-order valence-corrected chi connectivity index (χ0v) is 14.0. The van der Waals surface area contributed by atoms with Gasteiger partial charge < -0.3 is 14.8 Å². The Morgan fingerprint density at radius 2 is 1.83 bits per heavy atom. The van der Waals surface area contributed by atoms with Gasteiger partial charge in [-0.15, -0.1) is 0 Å². The minimum absolute atomic E-state index is 0.242. The fourth-order valence-corrected chi connectivity index (χ4v) is 2.39. The molecule has 1 atom stereocenters. The lowest BCUT2D eigenvalue weighted by molar-refractivity contribution is -0.145. The molecule has 0 radical (unpaired) electrons. The summed E-state index contributed by atoms with van der Waals surface area (Å²) in [7, 11) is 1.59. The number of esters is 1. The Balaban J connectivity index is 2.29. The summed E-state index contributed by atoms with van der Waals surface area (Å²) in [6.45, 7) is 3.85. The number of benzene rings is 2. The molecule has 0 aliphatic rings. The lowest BCUT2D eigenvalue weighted by Crippen LogP contribution is -2.35. The van der Waals surface area contributed by atoms with Gasteiger partial charge in [0.15, 0.2) is 6.04 Å². The monoisotopic (exact) mass is 327 g/mol. The van der Waals surface area contributed by atoms with Crippen molar-refractivity contribution in [3.05, 3.63) is 65.2 Å². The number of hydrogen-bond donors (Lipinski definition) is 1. The third kappa shape index (κ3) is 4.13. The van der Waals surface area contributed by atoms with E-state index in [0.717, 1.165) is 11.3 Å². The predicted molar refractivity (Wildman–Crippen MR) is 91.0 cm³/mol. The molecule has 1 amide bonds. The summed E-state index contributed by atoms with van der Waals surface area (Å²) in [5.41, 5.74) is 2.01. The second-order valence-corrected chi connectivity index (χ2v) is 5.25. The molecule has 2 rings (SSSR count). The van der Waals surface area contributed by atoms with Crippen LogP contribution in [0.1, 0.15) is 34.5 Å². The lowest BCUT2D eigenvalue weighted by Gasteiger charge is -2.19. The molecule has 1 unspecified atom stereocenters. The highest BCUT2D eigenvalue weighted by atomic mass is 16.5. The summed E-state index contributed by atoms with van der Waals surface area (Å²) >= 11 is 0. The number of rotatable bonds is 6. The first kappa shape index (κ1) is 17.5. The van der Waals surface area contributed by atoms with Gasteiger partial charge in [-0.05, 0) is 49.2 Å². The second-order valence-electron chi connectivity index (χ2n) is 5.25. The first-order valence-corrected chi connectivity index (χ1v) is 7.74. The fourth-order valence-electron chi connectivity index (χ4n) is 2.39. The van der Waals surface area contributed by atoms with E-state index >= 15 is 0 Å². The van der Waals surface area contributed by atoms with Gasteiger partial charge in [-0.2, -0.15) is 0 Å². The van der Waals surface area contributed by atoms with E-state index in [-0.39, 0.29) is 12.5 Å². The Morgan fingerprint density at radius 3 is 2.42 bits per heavy atom. The summed E-state index contributed by atoms with van der Waals surface area (Å²) in [4.78, 5) is 24.7. The van der Waals surface area contributed by atoms with Crippen molar-refractivity contribution < 1.29 is 19.1 Å². The van der Waals surface area contributed by atoms with Crippen LogP contribution >= 0.6 is 0 Å². The maximum atomic E-state index is 12.4. The molecule has 5 nitrogen and oxygen atoms in total. The number of hydrogen-bond acceptors (Lipinski definition) is 4. The Morgan fingerprint density at radius 1 is 1.12 bits per heavy atom. The van der Waals surface area contributed by atoms with E-state index in [2.05, 4.69) is 5.32 Å². The van der Waals surface area contributed by atoms with Crippen molar-refractivity contribution in [2.75, 3.05) is 13.7 Å². The number of aryl methyl sites for hydroxylation is 1. The number of methoxy groups -OCH3 is 1. The van der Waals surface area contributed by atoms with Crippen LogP contribution in [-0.4, -0.2) is 25.6 Å². The predicted octanol–water partition coefficient (Wildman–Crippen LogP) is 3.04. The van der Waals surface area contributed by atoms with Crippen LogP contribution in [0.5, 0.6) is 5.75 Å². The summed E-state index contributed by atoms with van der Waals surface area (Å²) in [6, 6.07) is 13.2.